The second-order valence-electron chi connectivity index (χ2n) is 5.44. The standard InChI is InChI=1S/C17H18BN3O5/c22-11-13-9-12(4-5-15(13)18(25)26)17(24)20-8-6-16(23)21-10-14-3-1-2-7-19-14/h1-5,7,9,11,25-26H,6,8,10H2,(H,20,24)(H,21,23). The minimum Gasteiger partial charge on any atom is -0.423 e. The Bertz CT molecular complexity index is 783. The van der Waals surface area contributed by atoms with Gasteiger partial charge in [0.25, 0.3) is 5.91 Å². The average molecular weight is 355 g/mol. The molecular weight excluding hydrogens is 337 g/mol. The number of aromatic nitrogens is 1. The molecule has 0 bridgehead atoms. The van der Waals surface area contributed by atoms with Gasteiger partial charge in [-0.3, -0.25) is 19.4 Å². The summed E-state index contributed by atoms with van der Waals surface area (Å²) in [4.78, 5) is 38.9. The Morgan fingerprint density at radius 3 is 2.62 bits per heavy atom. The average Bonchev–Trinajstić information content (AvgIpc) is 2.66. The van der Waals surface area contributed by atoms with E-state index < -0.39 is 13.0 Å². The van der Waals surface area contributed by atoms with Gasteiger partial charge in [0.15, 0.2) is 0 Å². The zero-order valence-electron chi connectivity index (χ0n) is 13.9. The Kier molecular flexibility index (Phi) is 7.01. The van der Waals surface area contributed by atoms with Gasteiger partial charge >= 0.3 is 7.12 Å². The van der Waals surface area contributed by atoms with Crippen molar-refractivity contribution in [1.29, 1.82) is 0 Å². The summed E-state index contributed by atoms with van der Waals surface area (Å²) in [5.74, 6) is -0.701. The number of carbonyl (C=O) groups is 3. The Labute approximate surface area is 150 Å². The van der Waals surface area contributed by atoms with Gasteiger partial charge in [0.1, 0.15) is 6.29 Å². The Morgan fingerprint density at radius 2 is 1.96 bits per heavy atom. The highest BCUT2D eigenvalue weighted by Gasteiger charge is 2.17. The van der Waals surface area contributed by atoms with Crippen LogP contribution in [0.3, 0.4) is 0 Å². The minimum absolute atomic E-state index is 0.0146. The van der Waals surface area contributed by atoms with E-state index in [0.717, 1.165) is 5.69 Å². The summed E-state index contributed by atoms with van der Waals surface area (Å²) in [5.41, 5.74) is 0.953. The van der Waals surface area contributed by atoms with Crippen LogP contribution in [0.4, 0.5) is 0 Å². The van der Waals surface area contributed by atoms with Gasteiger partial charge < -0.3 is 20.7 Å². The molecule has 0 atom stereocenters. The number of hydrogen-bond acceptors (Lipinski definition) is 6. The summed E-state index contributed by atoms with van der Waals surface area (Å²) >= 11 is 0. The predicted octanol–water partition coefficient (Wildman–Crippen LogP) is -0.990. The number of pyridine rings is 1. The second kappa shape index (κ2) is 9.45. The number of nitrogens with zero attached hydrogens (tertiary/aromatic N) is 1. The molecular formula is C17H18BN3O5. The van der Waals surface area contributed by atoms with Crippen molar-refractivity contribution < 1.29 is 24.4 Å². The van der Waals surface area contributed by atoms with Gasteiger partial charge in [-0.2, -0.15) is 0 Å². The van der Waals surface area contributed by atoms with Crippen LogP contribution in [-0.2, 0) is 11.3 Å². The molecule has 0 aliphatic heterocycles. The summed E-state index contributed by atoms with van der Waals surface area (Å²) in [5, 5.41) is 23.6. The molecule has 0 fully saturated rings. The fraction of sp³-hybridized carbons (Fsp3) is 0.176. The highest BCUT2D eigenvalue weighted by Crippen LogP contribution is 2.02. The predicted molar refractivity (Wildman–Crippen MR) is 94.7 cm³/mol. The van der Waals surface area contributed by atoms with Crippen LogP contribution in [0.2, 0.25) is 0 Å². The van der Waals surface area contributed by atoms with Gasteiger partial charge in [0.2, 0.25) is 5.91 Å². The fourth-order valence-corrected chi connectivity index (χ4v) is 2.23. The smallest absolute Gasteiger partial charge is 0.423 e. The van der Waals surface area contributed by atoms with Crippen molar-refractivity contribution in [3.63, 3.8) is 0 Å². The van der Waals surface area contributed by atoms with E-state index in [1.807, 2.05) is 6.07 Å². The maximum Gasteiger partial charge on any atom is 0.489 e. The van der Waals surface area contributed by atoms with Crippen LogP contribution >= 0.6 is 0 Å². The summed E-state index contributed by atoms with van der Waals surface area (Å²) < 4.78 is 0. The molecule has 1 aromatic heterocycles. The number of amides is 2. The molecule has 2 aromatic rings. The zero-order chi connectivity index (χ0) is 18.9. The third-order valence-corrected chi connectivity index (χ3v) is 3.58. The molecule has 9 heteroatoms. The van der Waals surface area contributed by atoms with Gasteiger partial charge in [-0.15, -0.1) is 0 Å². The van der Waals surface area contributed by atoms with Crippen molar-refractivity contribution in [3.8, 4) is 0 Å². The number of rotatable bonds is 8. The molecule has 0 saturated heterocycles. The highest BCUT2D eigenvalue weighted by atomic mass is 16.4. The van der Waals surface area contributed by atoms with E-state index >= 15 is 0 Å². The summed E-state index contributed by atoms with van der Waals surface area (Å²) in [6.07, 6.45) is 2.17. The van der Waals surface area contributed by atoms with Crippen LogP contribution in [0.25, 0.3) is 0 Å². The lowest BCUT2D eigenvalue weighted by Gasteiger charge is -2.09. The molecule has 0 aliphatic carbocycles. The molecule has 26 heavy (non-hydrogen) atoms. The fourth-order valence-electron chi connectivity index (χ4n) is 2.23. The van der Waals surface area contributed by atoms with E-state index in [4.69, 9.17) is 10.0 Å². The summed E-state index contributed by atoms with van der Waals surface area (Å²) in [6.45, 7) is 0.426. The number of carbonyl (C=O) groups excluding carboxylic acids is 3. The largest absolute Gasteiger partial charge is 0.489 e. The van der Waals surface area contributed by atoms with Crippen LogP contribution in [0, 0.1) is 0 Å². The summed E-state index contributed by atoms with van der Waals surface area (Å²) in [7, 11) is -1.80. The molecule has 0 unspecified atom stereocenters. The van der Waals surface area contributed by atoms with E-state index in [1.54, 1.807) is 18.3 Å². The van der Waals surface area contributed by atoms with E-state index in [9.17, 15) is 14.4 Å². The van der Waals surface area contributed by atoms with Crippen LogP contribution in [0.15, 0.2) is 42.6 Å². The first-order valence-electron chi connectivity index (χ1n) is 7.91. The molecule has 8 nitrogen and oxygen atoms in total. The van der Waals surface area contributed by atoms with Crippen molar-refractivity contribution in [2.45, 2.75) is 13.0 Å². The normalized spacial score (nSPS) is 10.1. The number of benzene rings is 1. The van der Waals surface area contributed by atoms with Crippen molar-refractivity contribution in [2.75, 3.05) is 6.54 Å². The first kappa shape index (κ1) is 19.3. The van der Waals surface area contributed by atoms with Crippen molar-refractivity contribution in [2.24, 2.45) is 0 Å². The van der Waals surface area contributed by atoms with E-state index in [-0.39, 0.29) is 35.5 Å². The molecule has 0 saturated carbocycles. The van der Waals surface area contributed by atoms with E-state index in [0.29, 0.717) is 12.8 Å². The Balaban J connectivity index is 1.81. The van der Waals surface area contributed by atoms with E-state index in [2.05, 4.69) is 15.6 Å². The Hall–Kier alpha value is -3.04. The third kappa shape index (κ3) is 5.50. The van der Waals surface area contributed by atoms with Gasteiger partial charge in [-0.25, -0.2) is 0 Å². The lowest BCUT2D eigenvalue weighted by molar-refractivity contribution is -0.121. The van der Waals surface area contributed by atoms with Crippen LogP contribution in [0.1, 0.15) is 32.8 Å². The molecule has 1 heterocycles. The van der Waals surface area contributed by atoms with E-state index in [1.165, 1.54) is 18.2 Å². The zero-order valence-corrected chi connectivity index (χ0v) is 13.9. The first-order chi connectivity index (χ1) is 12.5. The number of aldehydes is 1. The maximum absolute atomic E-state index is 12.1. The minimum atomic E-state index is -1.80. The van der Waals surface area contributed by atoms with Gasteiger partial charge in [-0.05, 0) is 29.7 Å². The van der Waals surface area contributed by atoms with Crippen molar-refractivity contribution >= 4 is 30.7 Å². The third-order valence-electron chi connectivity index (χ3n) is 3.58. The van der Waals surface area contributed by atoms with Crippen molar-refractivity contribution in [1.82, 2.24) is 15.6 Å². The van der Waals surface area contributed by atoms with Crippen LogP contribution in [-0.4, -0.2) is 46.8 Å². The second-order valence-corrected chi connectivity index (χ2v) is 5.44. The summed E-state index contributed by atoms with van der Waals surface area (Å²) in [6, 6.07) is 9.33. The topological polar surface area (TPSA) is 129 Å². The van der Waals surface area contributed by atoms with Gasteiger partial charge in [0, 0.05) is 30.3 Å². The number of hydrogen-bond donors (Lipinski definition) is 4. The van der Waals surface area contributed by atoms with Gasteiger partial charge in [-0.1, -0.05) is 12.1 Å². The van der Waals surface area contributed by atoms with Gasteiger partial charge in [0.05, 0.1) is 12.2 Å². The SMILES string of the molecule is O=Cc1cc(C(=O)NCCC(=O)NCc2ccccn2)ccc1B(O)O. The van der Waals surface area contributed by atoms with Crippen LogP contribution < -0.4 is 16.1 Å². The molecule has 2 rings (SSSR count). The molecule has 134 valence electrons. The lowest BCUT2D eigenvalue weighted by atomic mass is 9.77. The monoisotopic (exact) mass is 355 g/mol. The Morgan fingerprint density at radius 1 is 1.15 bits per heavy atom. The molecule has 0 radical (unpaired) electrons. The highest BCUT2D eigenvalue weighted by molar-refractivity contribution is 6.60. The van der Waals surface area contributed by atoms with Crippen LogP contribution in [0.5, 0.6) is 0 Å². The maximum atomic E-state index is 12.1. The molecule has 1 aromatic carbocycles. The quantitative estimate of drug-likeness (QED) is 0.356. The molecule has 4 N–H and O–H groups in total. The first-order valence-corrected chi connectivity index (χ1v) is 7.91. The molecule has 0 aliphatic rings. The molecule has 0 spiro atoms. The number of nitrogens with one attached hydrogen (secondary N) is 2. The lowest BCUT2D eigenvalue weighted by Crippen LogP contribution is -2.34. The molecule has 2 amide bonds. The van der Waals surface area contributed by atoms with Crippen molar-refractivity contribution in [3.05, 3.63) is 59.4 Å².